The van der Waals surface area contributed by atoms with Crippen molar-refractivity contribution < 1.29 is 0 Å². The summed E-state index contributed by atoms with van der Waals surface area (Å²) in [7, 11) is 0. The smallest absolute Gasteiger partial charge is 0.0540 e. The summed E-state index contributed by atoms with van der Waals surface area (Å²) in [4.78, 5) is 2.36. The molecule has 1 aliphatic rings. The maximum atomic E-state index is 2.46. The molecule has 0 saturated heterocycles. The van der Waals surface area contributed by atoms with E-state index in [2.05, 4.69) is 170 Å². The molecule has 0 N–H and O–H groups in total. The standard InChI is InChI=1S/C41H31N/c1-41(2)38-22-11-9-18-34(38)37-26-28-24-25-33-31(20-13-21-32(33)36(28)27-39(37)41)35-19-10-12-23-40(35)42(29-14-5-3-6-15-29)30-16-7-4-8-17-30/h3-27H,1-2H3. The molecule has 0 saturated carbocycles. The summed E-state index contributed by atoms with van der Waals surface area (Å²) in [6.45, 7) is 4.72. The number of hydrogen-bond acceptors (Lipinski definition) is 1. The van der Waals surface area contributed by atoms with Gasteiger partial charge in [-0.25, -0.2) is 0 Å². The Bertz CT molecular complexity index is 2070. The van der Waals surface area contributed by atoms with E-state index in [4.69, 9.17) is 0 Å². The first kappa shape index (κ1) is 24.6. The van der Waals surface area contributed by atoms with Gasteiger partial charge in [0.25, 0.3) is 0 Å². The molecule has 42 heavy (non-hydrogen) atoms. The SMILES string of the molecule is CC1(C)c2ccccc2-c2cc3ccc4c(-c5ccccc5N(c5ccccc5)c5ccccc5)cccc4c3cc21. The van der Waals surface area contributed by atoms with Gasteiger partial charge in [-0.05, 0) is 91.8 Å². The summed E-state index contributed by atoms with van der Waals surface area (Å²) >= 11 is 0. The highest BCUT2D eigenvalue weighted by Crippen LogP contribution is 2.51. The molecule has 7 aromatic rings. The van der Waals surface area contributed by atoms with E-state index in [1.54, 1.807) is 0 Å². The van der Waals surface area contributed by atoms with Crippen molar-refractivity contribution >= 4 is 38.6 Å². The number of rotatable bonds is 4. The Labute approximate surface area is 247 Å². The van der Waals surface area contributed by atoms with E-state index in [0.29, 0.717) is 0 Å². The lowest BCUT2D eigenvalue weighted by atomic mass is 9.81. The zero-order chi connectivity index (χ0) is 28.3. The highest BCUT2D eigenvalue weighted by atomic mass is 15.1. The summed E-state index contributed by atoms with van der Waals surface area (Å²) in [5.74, 6) is 0. The number of benzene rings is 7. The highest BCUT2D eigenvalue weighted by Gasteiger charge is 2.35. The van der Waals surface area contributed by atoms with Gasteiger partial charge in [0.2, 0.25) is 0 Å². The summed E-state index contributed by atoms with van der Waals surface area (Å²) in [5.41, 5.74) is 11.4. The van der Waals surface area contributed by atoms with E-state index in [1.165, 1.54) is 54.9 Å². The minimum atomic E-state index is -0.0294. The summed E-state index contributed by atoms with van der Waals surface area (Å²) in [6, 6.07) is 55.3. The van der Waals surface area contributed by atoms with Crippen molar-refractivity contribution in [3.63, 3.8) is 0 Å². The van der Waals surface area contributed by atoms with E-state index >= 15 is 0 Å². The van der Waals surface area contributed by atoms with E-state index < -0.39 is 0 Å². The van der Waals surface area contributed by atoms with Crippen molar-refractivity contribution in [3.8, 4) is 22.3 Å². The number of para-hydroxylation sites is 3. The first-order valence-electron chi connectivity index (χ1n) is 14.7. The van der Waals surface area contributed by atoms with E-state index in [9.17, 15) is 0 Å². The van der Waals surface area contributed by atoms with E-state index in [0.717, 1.165) is 17.1 Å². The fourth-order valence-electron chi connectivity index (χ4n) is 7.00. The predicted molar refractivity (Wildman–Crippen MR) is 179 cm³/mol. The molecular formula is C41H31N. The minimum Gasteiger partial charge on any atom is -0.310 e. The third-order valence-electron chi connectivity index (χ3n) is 9.04. The van der Waals surface area contributed by atoms with E-state index in [-0.39, 0.29) is 5.41 Å². The zero-order valence-electron chi connectivity index (χ0n) is 23.9. The second-order valence-corrected chi connectivity index (χ2v) is 11.8. The van der Waals surface area contributed by atoms with Crippen LogP contribution >= 0.6 is 0 Å². The Balaban J connectivity index is 1.36. The van der Waals surface area contributed by atoms with Crippen molar-refractivity contribution in [1.82, 2.24) is 0 Å². The molecule has 0 atom stereocenters. The van der Waals surface area contributed by atoms with Gasteiger partial charge < -0.3 is 4.90 Å². The van der Waals surface area contributed by atoms with Crippen molar-refractivity contribution in [2.75, 3.05) is 4.90 Å². The average Bonchev–Trinajstić information content (AvgIpc) is 3.27. The van der Waals surface area contributed by atoms with Crippen LogP contribution in [0.1, 0.15) is 25.0 Å². The Morgan fingerprint density at radius 1 is 0.405 bits per heavy atom. The number of fused-ring (bicyclic) bond motifs is 6. The molecule has 0 spiro atoms. The van der Waals surface area contributed by atoms with Gasteiger partial charge in [0.05, 0.1) is 5.69 Å². The largest absolute Gasteiger partial charge is 0.310 e. The summed E-state index contributed by atoms with van der Waals surface area (Å²) in [6.07, 6.45) is 0. The molecule has 0 fully saturated rings. The Morgan fingerprint density at radius 2 is 1.02 bits per heavy atom. The average molecular weight is 538 g/mol. The molecule has 1 aliphatic carbocycles. The van der Waals surface area contributed by atoms with Crippen LogP contribution in [-0.4, -0.2) is 0 Å². The van der Waals surface area contributed by atoms with Crippen LogP contribution in [0.3, 0.4) is 0 Å². The lowest BCUT2D eigenvalue weighted by Crippen LogP contribution is -2.14. The summed E-state index contributed by atoms with van der Waals surface area (Å²) in [5, 5.41) is 5.16. The van der Waals surface area contributed by atoms with Gasteiger partial charge in [-0.1, -0.05) is 123 Å². The molecule has 7 aromatic carbocycles. The first-order valence-corrected chi connectivity index (χ1v) is 14.7. The molecular weight excluding hydrogens is 506 g/mol. The second kappa shape index (κ2) is 9.46. The fourth-order valence-corrected chi connectivity index (χ4v) is 7.00. The molecule has 1 nitrogen and oxygen atoms in total. The van der Waals surface area contributed by atoms with Gasteiger partial charge in [-0.2, -0.15) is 0 Å². The predicted octanol–water partition coefficient (Wildman–Crippen LogP) is 11.4. The highest BCUT2D eigenvalue weighted by molar-refractivity contribution is 6.14. The lowest BCUT2D eigenvalue weighted by molar-refractivity contribution is 0.661. The van der Waals surface area contributed by atoms with Crippen molar-refractivity contribution in [1.29, 1.82) is 0 Å². The zero-order valence-corrected chi connectivity index (χ0v) is 23.9. The Kier molecular flexibility index (Phi) is 5.55. The summed E-state index contributed by atoms with van der Waals surface area (Å²) < 4.78 is 0. The van der Waals surface area contributed by atoms with Crippen LogP contribution in [0.2, 0.25) is 0 Å². The van der Waals surface area contributed by atoms with E-state index in [1.807, 2.05) is 0 Å². The molecule has 1 heteroatoms. The molecule has 0 unspecified atom stereocenters. The fraction of sp³-hybridized carbons (Fsp3) is 0.0732. The van der Waals surface area contributed by atoms with Crippen LogP contribution < -0.4 is 4.90 Å². The van der Waals surface area contributed by atoms with Crippen molar-refractivity contribution in [2.24, 2.45) is 0 Å². The van der Waals surface area contributed by atoms with Crippen LogP contribution in [0.25, 0.3) is 43.8 Å². The quantitative estimate of drug-likeness (QED) is 0.202. The molecule has 0 aliphatic heterocycles. The van der Waals surface area contributed by atoms with Crippen LogP contribution in [0.5, 0.6) is 0 Å². The van der Waals surface area contributed by atoms with Gasteiger partial charge >= 0.3 is 0 Å². The number of nitrogens with zero attached hydrogens (tertiary/aromatic N) is 1. The number of hydrogen-bond donors (Lipinski definition) is 0. The molecule has 0 aromatic heterocycles. The third kappa shape index (κ3) is 3.71. The first-order chi connectivity index (χ1) is 20.6. The molecule has 0 radical (unpaired) electrons. The maximum Gasteiger partial charge on any atom is 0.0540 e. The molecule has 0 heterocycles. The van der Waals surface area contributed by atoms with Gasteiger partial charge in [0, 0.05) is 22.4 Å². The second-order valence-electron chi connectivity index (χ2n) is 11.8. The Hall–Kier alpha value is -5.14. The van der Waals surface area contributed by atoms with Gasteiger partial charge in [0.15, 0.2) is 0 Å². The molecule has 200 valence electrons. The van der Waals surface area contributed by atoms with Crippen molar-refractivity contribution in [3.05, 3.63) is 163 Å². The number of anilines is 3. The Morgan fingerprint density at radius 3 is 1.76 bits per heavy atom. The van der Waals surface area contributed by atoms with Gasteiger partial charge in [0.1, 0.15) is 0 Å². The minimum absolute atomic E-state index is 0.0294. The lowest BCUT2D eigenvalue weighted by Gasteiger charge is -2.28. The molecule has 0 bridgehead atoms. The van der Waals surface area contributed by atoms with Gasteiger partial charge in [-0.15, -0.1) is 0 Å². The topological polar surface area (TPSA) is 3.24 Å². The van der Waals surface area contributed by atoms with Crippen LogP contribution in [0, 0.1) is 0 Å². The van der Waals surface area contributed by atoms with Crippen LogP contribution in [0.4, 0.5) is 17.1 Å². The van der Waals surface area contributed by atoms with Gasteiger partial charge in [-0.3, -0.25) is 0 Å². The van der Waals surface area contributed by atoms with Crippen molar-refractivity contribution in [2.45, 2.75) is 19.3 Å². The monoisotopic (exact) mass is 537 g/mol. The van der Waals surface area contributed by atoms with Crippen LogP contribution in [0.15, 0.2) is 152 Å². The molecule has 0 amide bonds. The normalized spacial score (nSPS) is 13.2. The molecule has 8 rings (SSSR count). The van der Waals surface area contributed by atoms with Crippen LogP contribution in [-0.2, 0) is 5.41 Å². The third-order valence-corrected chi connectivity index (χ3v) is 9.04. The maximum absolute atomic E-state index is 2.46.